The minimum atomic E-state index is 0.378. The van der Waals surface area contributed by atoms with E-state index in [0.29, 0.717) is 43.6 Å². The lowest BCUT2D eigenvalue weighted by atomic mass is 10.3. The van der Waals surface area contributed by atoms with Crippen LogP contribution in [0.3, 0.4) is 0 Å². The predicted molar refractivity (Wildman–Crippen MR) is 61.5 cm³/mol. The van der Waals surface area contributed by atoms with Gasteiger partial charge in [-0.15, -0.1) is 0 Å². The van der Waals surface area contributed by atoms with Crippen molar-refractivity contribution in [3.8, 4) is 5.88 Å². The first-order chi connectivity index (χ1) is 8.20. The third-order valence-corrected chi connectivity index (χ3v) is 2.23. The Hall–Kier alpha value is -1.40. The molecular formula is C11H18N2O4. The van der Waals surface area contributed by atoms with Crippen LogP contribution < -0.4 is 4.74 Å². The Morgan fingerprint density at radius 2 is 2.00 bits per heavy atom. The van der Waals surface area contributed by atoms with E-state index in [4.69, 9.17) is 14.2 Å². The van der Waals surface area contributed by atoms with Gasteiger partial charge >= 0.3 is 0 Å². The third kappa shape index (κ3) is 3.83. The van der Waals surface area contributed by atoms with Crippen LogP contribution in [-0.4, -0.2) is 49.6 Å². The average molecular weight is 242 g/mol. The molecule has 0 amide bonds. The van der Waals surface area contributed by atoms with Gasteiger partial charge in [0.1, 0.15) is 6.61 Å². The molecule has 0 N–H and O–H groups in total. The Morgan fingerprint density at radius 3 is 2.65 bits per heavy atom. The number of aromatic nitrogens is 2. The Balaban J connectivity index is 2.38. The molecule has 0 aliphatic heterocycles. The van der Waals surface area contributed by atoms with Crippen LogP contribution in [0.1, 0.15) is 16.1 Å². The van der Waals surface area contributed by atoms with E-state index in [1.807, 2.05) is 0 Å². The van der Waals surface area contributed by atoms with E-state index >= 15 is 0 Å². The molecule has 0 spiro atoms. The highest BCUT2D eigenvalue weighted by atomic mass is 16.5. The van der Waals surface area contributed by atoms with Gasteiger partial charge in [-0.05, 0) is 6.92 Å². The highest BCUT2D eigenvalue weighted by Gasteiger charge is 2.13. The van der Waals surface area contributed by atoms with Gasteiger partial charge in [0.25, 0.3) is 0 Å². The molecule has 0 unspecified atom stereocenters. The molecule has 1 rings (SSSR count). The van der Waals surface area contributed by atoms with Crippen molar-refractivity contribution in [1.82, 2.24) is 9.78 Å². The number of rotatable bonds is 8. The van der Waals surface area contributed by atoms with Crippen molar-refractivity contribution in [1.29, 1.82) is 0 Å². The third-order valence-electron chi connectivity index (χ3n) is 2.23. The number of carbonyl (C=O) groups excluding carboxylic acids is 1. The second-order valence-electron chi connectivity index (χ2n) is 3.50. The van der Waals surface area contributed by atoms with Crippen LogP contribution >= 0.6 is 0 Å². The van der Waals surface area contributed by atoms with Crippen LogP contribution in [0, 0.1) is 6.92 Å². The fourth-order valence-corrected chi connectivity index (χ4v) is 1.40. The standard InChI is InChI=1S/C11H18N2O4/c1-9-10(8-14)11(13(2)12-9)17-7-6-16-5-4-15-3/h8H,4-7H2,1-3H3. The van der Waals surface area contributed by atoms with Crippen LogP contribution in [0.5, 0.6) is 5.88 Å². The van der Waals surface area contributed by atoms with Gasteiger partial charge in [0, 0.05) is 14.2 Å². The summed E-state index contributed by atoms with van der Waals surface area (Å²) in [4.78, 5) is 10.9. The van der Waals surface area contributed by atoms with E-state index in [1.165, 1.54) is 0 Å². The largest absolute Gasteiger partial charge is 0.475 e. The van der Waals surface area contributed by atoms with E-state index in [1.54, 1.807) is 25.8 Å². The lowest BCUT2D eigenvalue weighted by Gasteiger charge is -2.07. The van der Waals surface area contributed by atoms with Crippen molar-refractivity contribution >= 4 is 6.29 Å². The molecule has 6 heteroatoms. The molecule has 0 aromatic carbocycles. The Kier molecular flexibility index (Phi) is 5.65. The quantitative estimate of drug-likeness (QED) is 0.493. The monoisotopic (exact) mass is 242 g/mol. The molecule has 1 heterocycles. The minimum absolute atomic E-state index is 0.378. The Bertz CT molecular complexity index is 363. The van der Waals surface area contributed by atoms with E-state index in [9.17, 15) is 4.79 Å². The van der Waals surface area contributed by atoms with Gasteiger partial charge in [0.15, 0.2) is 6.29 Å². The van der Waals surface area contributed by atoms with Gasteiger partial charge in [-0.1, -0.05) is 0 Å². The Morgan fingerprint density at radius 1 is 1.29 bits per heavy atom. The van der Waals surface area contributed by atoms with Crippen LogP contribution in [-0.2, 0) is 16.5 Å². The summed E-state index contributed by atoms with van der Waals surface area (Å²) < 4.78 is 17.1. The molecule has 0 atom stereocenters. The van der Waals surface area contributed by atoms with Crippen molar-refractivity contribution in [2.75, 3.05) is 33.5 Å². The smallest absolute Gasteiger partial charge is 0.222 e. The van der Waals surface area contributed by atoms with Gasteiger partial charge in [-0.2, -0.15) is 5.10 Å². The summed E-state index contributed by atoms with van der Waals surface area (Å²) in [6.07, 6.45) is 0.753. The summed E-state index contributed by atoms with van der Waals surface area (Å²) in [6, 6.07) is 0. The van der Waals surface area contributed by atoms with Crippen LogP contribution in [0.2, 0.25) is 0 Å². The van der Waals surface area contributed by atoms with Crippen molar-refractivity contribution in [2.24, 2.45) is 7.05 Å². The predicted octanol–water partition coefficient (Wildman–Crippen LogP) is 0.583. The number of hydrogen-bond acceptors (Lipinski definition) is 5. The van der Waals surface area contributed by atoms with Gasteiger partial charge in [-0.25, -0.2) is 4.68 Å². The van der Waals surface area contributed by atoms with Crippen molar-refractivity contribution in [2.45, 2.75) is 6.92 Å². The number of methoxy groups -OCH3 is 1. The highest BCUT2D eigenvalue weighted by Crippen LogP contribution is 2.18. The van der Waals surface area contributed by atoms with Crippen molar-refractivity contribution in [3.05, 3.63) is 11.3 Å². The summed E-state index contributed by atoms with van der Waals surface area (Å²) in [5.41, 5.74) is 1.15. The fourth-order valence-electron chi connectivity index (χ4n) is 1.40. The zero-order valence-electron chi connectivity index (χ0n) is 10.4. The maximum Gasteiger partial charge on any atom is 0.222 e. The maximum atomic E-state index is 10.9. The van der Waals surface area contributed by atoms with Crippen LogP contribution in [0.4, 0.5) is 0 Å². The van der Waals surface area contributed by atoms with Gasteiger partial charge in [0.2, 0.25) is 5.88 Å². The zero-order valence-corrected chi connectivity index (χ0v) is 10.4. The molecular weight excluding hydrogens is 224 g/mol. The Labute approximate surface area is 100 Å². The van der Waals surface area contributed by atoms with Crippen LogP contribution in [0.15, 0.2) is 0 Å². The number of carbonyl (C=O) groups is 1. The second-order valence-corrected chi connectivity index (χ2v) is 3.50. The second kappa shape index (κ2) is 7.03. The van der Waals surface area contributed by atoms with E-state index < -0.39 is 0 Å². The average Bonchev–Trinajstić information content (AvgIpc) is 2.58. The molecule has 0 bridgehead atoms. The van der Waals surface area contributed by atoms with Gasteiger partial charge in [-0.3, -0.25) is 4.79 Å². The number of hydrogen-bond donors (Lipinski definition) is 0. The molecule has 0 aliphatic rings. The molecule has 1 aromatic rings. The molecule has 0 saturated carbocycles. The lowest BCUT2D eigenvalue weighted by Crippen LogP contribution is -2.12. The molecule has 0 aliphatic carbocycles. The molecule has 96 valence electrons. The van der Waals surface area contributed by atoms with Gasteiger partial charge in [0.05, 0.1) is 31.1 Å². The first-order valence-corrected chi connectivity index (χ1v) is 5.39. The SMILES string of the molecule is COCCOCCOc1c(C=O)c(C)nn1C. The van der Waals surface area contributed by atoms with E-state index in [0.717, 1.165) is 6.29 Å². The normalized spacial score (nSPS) is 10.5. The van der Waals surface area contributed by atoms with Crippen LogP contribution in [0.25, 0.3) is 0 Å². The van der Waals surface area contributed by atoms with E-state index in [-0.39, 0.29) is 0 Å². The number of ether oxygens (including phenoxy) is 3. The summed E-state index contributed by atoms with van der Waals surface area (Å²) in [5, 5.41) is 4.11. The molecule has 0 fully saturated rings. The number of aryl methyl sites for hydroxylation is 2. The zero-order chi connectivity index (χ0) is 12.7. The summed E-state index contributed by atoms with van der Waals surface area (Å²) >= 11 is 0. The van der Waals surface area contributed by atoms with E-state index in [2.05, 4.69) is 5.10 Å². The van der Waals surface area contributed by atoms with Gasteiger partial charge < -0.3 is 14.2 Å². The molecule has 1 aromatic heterocycles. The topological polar surface area (TPSA) is 62.6 Å². The summed E-state index contributed by atoms with van der Waals surface area (Å²) in [5.74, 6) is 0.479. The first-order valence-electron chi connectivity index (χ1n) is 5.39. The highest BCUT2D eigenvalue weighted by molar-refractivity contribution is 5.79. The molecule has 17 heavy (non-hydrogen) atoms. The lowest BCUT2D eigenvalue weighted by molar-refractivity contribution is 0.0528. The number of aldehydes is 1. The fraction of sp³-hybridized carbons (Fsp3) is 0.636. The number of nitrogens with zero attached hydrogens (tertiary/aromatic N) is 2. The molecule has 0 saturated heterocycles. The van der Waals surface area contributed by atoms with Crippen molar-refractivity contribution < 1.29 is 19.0 Å². The molecule has 6 nitrogen and oxygen atoms in total. The summed E-state index contributed by atoms with van der Waals surface area (Å²) in [7, 11) is 3.36. The summed E-state index contributed by atoms with van der Waals surface area (Å²) in [6.45, 7) is 3.69. The maximum absolute atomic E-state index is 10.9. The molecule has 0 radical (unpaired) electrons. The van der Waals surface area contributed by atoms with Crippen molar-refractivity contribution in [3.63, 3.8) is 0 Å². The first kappa shape index (κ1) is 13.7. The minimum Gasteiger partial charge on any atom is -0.475 e.